The Bertz CT molecular complexity index is 1490. The van der Waals surface area contributed by atoms with E-state index in [4.69, 9.17) is 20.8 Å². The van der Waals surface area contributed by atoms with E-state index in [0.29, 0.717) is 25.5 Å². The highest BCUT2D eigenvalue weighted by molar-refractivity contribution is 7.85. The third-order valence-corrected chi connectivity index (χ3v) is 6.82. The van der Waals surface area contributed by atoms with Crippen molar-refractivity contribution >= 4 is 33.5 Å². The molecule has 0 saturated heterocycles. The van der Waals surface area contributed by atoms with Crippen LogP contribution in [-0.4, -0.2) is 60.1 Å². The molecule has 16 heteroatoms. The third kappa shape index (κ3) is 7.86. The molecule has 4 rings (SSSR count). The zero-order chi connectivity index (χ0) is 31.8. The molecule has 2 unspecified atom stereocenters. The number of rotatable bonds is 6. The zero-order valence-corrected chi connectivity index (χ0v) is 23.9. The molecule has 232 valence electrons. The molecule has 0 bridgehead atoms. The van der Waals surface area contributed by atoms with E-state index < -0.39 is 74.0 Å². The Hall–Kier alpha value is -3.50. The molecule has 2 atom stereocenters. The lowest BCUT2D eigenvalue weighted by molar-refractivity contribution is -0.147. The Morgan fingerprint density at radius 2 is 1.83 bits per heavy atom. The van der Waals surface area contributed by atoms with Gasteiger partial charge in [-0.15, -0.1) is 0 Å². The van der Waals surface area contributed by atoms with Crippen molar-refractivity contribution in [3.63, 3.8) is 0 Å². The molecule has 1 saturated carbocycles. The van der Waals surface area contributed by atoms with E-state index in [9.17, 15) is 36.0 Å². The zero-order valence-electron chi connectivity index (χ0n) is 23.0. The quantitative estimate of drug-likeness (QED) is 0.214. The van der Waals surface area contributed by atoms with E-state index in [1.165, 1.54) is 6.07 Å². The van der Waals surface area contributed by atoms with Crippen molar-refractivity contribution in [1.29, 1.82) is 0 Å². The molecule has 1 aromatic heterocycles. The number of primary amides is 1. The van der Waals surface area contributed by atoms with Crippen LogP contribution in [0.5, 0.6) is 0 Å². The Kier molecular flexibility index (Phi) is 9.44. The highest BCUT2D eigenvalue weighted by Crippen LogP contribution is 2.43. The smallest absolute Gasteiger partial charge is 0.418 e. The van der Waals surface area contributed by atoms with E-state index in [1.54, 1.807) is 13.8 Å². The second kappa shape index (κ2) is 12.0. The van der Waals surface area contributed by atoms with Gasteiger partial charge in [0.15, 0.2) is 5.78 Å². The summed E-state index contributed by atoms with van der Waals surface area (Å²) in [4.78, 5) is 36.6. The van der Waals surface area contributed by atoms with Crippen LogP contribution in [0.3, 0.4) is 0 Å². The van der Waals surface area contributed by atoms with E-state index in [0.717, 1.165) is 16.8 Å². The standard InChI is InChI=1S/C25H28F4N4O4.CH4O3S/c1-24(2)8-17-21(18(34)9-24)13(25(27,28)29)11-33(17)12-6-14(26)22(23(31)36)16(7-12)32-15-4-3-5-19(15)37-20(35)10-30;1-5(2,3)4/h6-7,11,15,19,32H,3-5,8-10,30H2,1-2H3,(H2,31,36);1H3,(H,2,3,4). The fourth-order valence-corrected chi connectivity index (χ4v) is 5.26. The third-order valence-electron chi connectivity index (χ3n) is 6.82. The predicted octanol–water partition coefficient (Wildman–Crippen LogP) is 3.23. The van der Waals surface area contributed by atoms with E-state index in [1.807, 2.05) is 0 Å². The van der Waals surface area contributed by atoms with Crippen LogP contribution >= 0.6 is 0 Å². The Balaban J connectivity index is 0.000000892. The number of amides is 1. The highest BCUT2D eigenvalue weighted by atomic mass is 32.2. The Labute approximate surface area is 239 Å². The number of ether oxygens (including phenoxy) is 1. The topological polar surface area (TPSA) is 184 Å². The minimum Gasteiger partial charge on any atom is -0.459 e. The van der Waals surface area contributed by atoms with Crippen LogP contribution in [-0.2, 0) is 32.2 Å². The molecular formula is C26H32F4N4O7S. The van der Waals surface area contributed by atoms with Gasteiger partial charge in [-0.1, -0.05) is 13.8 Å². The maximum Gasteiger partial charge on any atom is 0.418 e. The average Bonchev–Trinajstić information content (AvgIpc) is 3.40. The van der Waals surface area contributed by atoms with Crippen LogP contribution in [0.2, 0.25) is 0 Å². The van der Waals surface area contributed by atoms with Crippen molar-refractivity contribution in [2.24, 2.45) is 16.9 Å². The van der Waals surface area contributed by atoms with Crippen molar-refractivity contribution < 1.29 is 49.7 Å². The molecule has 1 aromatic carbocycles. The van der Waals surface area contributed by atoms with Crippen molar-refractivity contribution in [2.75, 3.05) is 18.1 Å². The lowest BCUT2D eigenvalue weighted by Crippen LogP contribution is -2.35. The number of benzene rings is 1. The van der Waals surface area contributed by atoms with Gasteiger partial charge in [0.1, 0.15) is 11.9 Å². The predicted molar refractivity (Wildman–Crippen MR) is 143 cm³/mol. The number of carbonyl (C=O) groups is 3. The number of esters is 1. The summed E-state index contributed by atoms with van der Waals surface area (Å²) in [5.41, 5.74) is 8.17. The van der Waals surface area contributed by atoms with Gasteiger partial charge in [-0.2, -0.15) is 21.6 Å². The number of ketones is 1. The lowest BCUT2D eigenvalue weighted by atomic mass is 9.75. The second-order valence-corrected chi connectivity index (χ2v) is 12.5. The summed E-state index contributed by atoms with van der Waals surface area (Å²) >= 11 is 0. The molecule has 6 N–H and O–H groups in total. The first-order valence-electron chi connectivity index (χ1n) is 12.8. The highest BCUT2D eigenvalue weighted by Gasteiger charge is 2.44. The van der Waals surface area contributed by atoms with Crippen LogP contribution < -0.4 is 16.8 Å². The largest absolute Gasteiger partial charge is 0.459 e. The van der Waals surface area contributed by atoms with Crippen LogP contribution in [0.25, 0.3) is 5.69 Å². The molecule has 1 fully saturated rings. The van der Waals surface area contributed by atoms with Gasteiger partial charge in [0.2, 0.25) is 0 Å². The van der Waals surface area contributed by atoms with Gasteiger partial charge in [0.05, 0.1) is 46.9 Å². The second-order valence-electron chi connectivity index (χ2n) is 11.0. The first-order chi connectivity index (χ1) is 19.2. The number of halogens is 4. The number of carbonyl (C=O) groups excluding carboxylic acids is 3. The number of nitrogens with two attached hydrogens (primary N) is 2. The van der Waals surface area contributed by atoms with Gasteiger partial charge < -0.3 is 26.1 Å². The SMILES string of the molecule is CC1(C)CC(=O)c2c(C(F)(F)F)cn(-c3cc(F)c(C(N)=O)c(NC4CCCC4OC(=O)CN)c3)c2C1.CS(=O)(=O)O. The Morgan fingerprint density at radius 3 is 2.38 bits per heavy atom. The van der Waals surface area contributed by atoms with Crippen LogP contribution in [0.4, 0.5) is 23.2 Å². The minimum absolute atomic E-state index is 0.0178. The molecule has 0 aliphatic heterocycles. The number of alkyl halides is 3. The molecule has 2 aromatic rings. The summed E-state index contributed by atoms with van der Waals surface area (Å²) in [6, 6.07) is 1.72. The maximum absolute atomic E-state index is 15.2. The number of aromatic nitrogens is 1. The summed E-state index contributed by atoms with van der Waals surface area (Å²) in [5.74, 6) is -3.39. The molecule has 42 heavy (non-hydrogen) atoms. The lowest BCUT2D eigenvalue weighted by Gasteiger charge is -2.30. The maximum atomic E-state index is 15.2. The minimum atomic E-state index is -4.80. The fraction of sp³-hybridized carbons (Fsp3) is 0.500. The summed E-state index contributed by atoms with van der Waals surface area (Å²) < 4.78 is 89.2. The van der Waals surface area contributed by atoms with Gasteiger partial charge in [0.25, 0.3) is 16.0 Å². The van der Waals surface area contributed by atoms with E-state index in [2.05, 4.69) is 5.32 Å². The van der Waals surface area contributed by atoms with Crippen LogP contribution in [0.1, 0.15) is 71.5 Å². The molecule has 2 aliphatic rings. The van der Waals surface area contributed by atoms with Crippen molar-refractivity contribution in [3.05, 3.63) is 46.5 Å². The number of hydrogen-bond acceptors (Lipinski definition) is 8. The first kappa shape index (κ1) is 33.0. The van der Waals surface area contributed by atoms with Gasteiger partial charge in [-0.3, -0.25) is 18.9 Å². The number of fused-ring (bicyclic) bond motifs is 1. The van der Waals surface area contributed by atoms with Gasteiger partial charge >= 0.3 is 12.1 Å². The van der Waals surface area contributed by atoms with Gasteiger partial charge in [0, 0.05) is 18.3 Å². The van der Waals surface area contributed by atoms with Crippen LogP contribution in [0.15, 0.2) is 18.3 Å². The van der Waals surface area contributed by atoms with Gasteiger partial charge in [-0.25, -0.2) is 4.39 Å². The summed E-state index contributed by atoms with van der Waals surface area (Å²) in [7, 11) is -3.67. The normalized spacial score (nSPS) is 19.9. The summed E-state index contributed by atoms with van der Waals surface area (Å²) in [5, 5.41) is 3.00. The molecule has 0 spiro atoms. The molecule has 1 heterocycles. The van der Waals surface area contributed by atoms with Crippen LogP contribution in [0, 0.1) is 11.2 Å². The molecule has 11 nitrogen and oxygen atoms in total. The average molecular weight is 621 g/mol. The summed E-state index contributed by atoms with van der Waals surface area (Å²) in [6.45, 7) is 3.21. The Morgan fingerprint density at radius 1 is 1.21 bits per heavy atom. The number of hydrogen-bond donors (Lipinski definition) is 4. The first-order valence-corrected chi connectivity index (χ1v) is 14.6. The summed E-state index contributed by atoms with van der Waals surface area (Å²) in [6.07, 6.45) is -2.11. The van der Waals surface area contributed by atoms with E-state index in [-0.39, 0.29) is 36.5 Å². The fourth-order valence-electron chi connectivity index (χ4n) is 5.26. The van der Waals surface area contributed by atoms with Crippen molar-refractivity contribution in [3.8, 4) is 5.69 Å². The molecule has 0 radical (unpaired) electrons. The molecule has 2 aliphatic carbocycles. The number of anilines is 1. The van der Waals surface area contributed by atoms with Crippen molar-refractivity contribution in [2.45, 2.75) is 64.3 Å². The number of nitrogens with one attached hydrogen (secondary N) is 1. The van der Waals surface area contributed by atoms with E-state index >= 15 is 4.39 Å². The van der Waals surface area contributed by atoms with Crippen molar-refractivity contribution in [1.82, 2.24) is 4.57 Å². The monoisotopic (exact) mass is 620 g/mol. The van der Waals surface area contributed by atoms with Gasteiger partial charge in [-0.05, 0) is 43.2 Å². The number of Topliss-reactive ketones (excluding diaryl/α,β-unsaturated/α-hetero) is 1. The number of nitrogens with zero attached hydrogens (tertiary/aromatic N) is 1. The molecule has 1 amide bonds. The molecular weight excluding hydrogens is 588 g/mol.